The molecule has 2 aromatic rings. The largest absolute Gasteiger partial charge is 0.497 e. The fraction of sp³-hybridized carbons (Fsp3) is 0.286. The van der Waals surface area contributed by atoms with Gasteiger partial charge in [-0.05, 0) is 30.3 Å². The standard InChI is InChI=1S/C14H14F3NO3/c1-20-9-4-5-13(12(6-9)14(15,16)17)18-7-10-2-3-11(8-19)21-10/h2-6,18-19H,7-8H2,1H3. The van der Waals surface area contributed by atoms with Crippen LogP contribution in [0.25, 0.3) is 0 Å². The summed E-state index contributed by atoms with van der Waals surface area (Å²) in [4.78, 5) is 0. The van der Waals surface area contributed by atoms with Crippen molar-refractivity contribution in [1.29, 1.82) is 0 Å². The van der Waals surface area contributed by atoms with E-state index in [1.807, 2.05) is 0 Å². The lowest BCUT2D eigenvalue weighted by molar-refractivity contribution is -0.137. The summed E-state index contributed by atoms with van der Waals surface area (Å²) in [6, 6.07) is 6.84. The molecule has 0 bridgehead atoms. The van der Waals surface area contributed by atoms with Crippen molar-refractivity contribution in [2.75, 3.05) is 12.4 Å². The van der Waals surface area contributed by atoms with E-state index in [0.29, 0.717) is 11.5 Å². The molecular weight excluding hydrogens is 287 g/mol. The van der Waals surface area contributed by atoms with Crippen molar-refractivity contribution >= 4 is 5.69 Å². The van der Waals surface area contributed by atoms with Crippen LogP contribution in [0.1, 0.15) is 17.1 Å². The molecule has 0 aliphatic heterocycles. The monoisotopic (exact) mass is 301 g/mol. The van der Waals surface area contributed by atoms with Crippen molar-refractivity contribution in [2.24, 2.45) is 0 Å². The first-order chi connectivity index (χ1) is 9.94. The summed E-state index contributed by atoms with van der Waals surface area (Å²) in [5.74, 6) is 0.925. The lowest BCUT2D eigenvalue weighted by Crippen LogP contribution is -2.11. The highest BCUT2D eigenvalue weighted by molar-refractivity contribution is 5.55. The highest BCUT2D eigenvalue weighted by Gasteiger charge is 2.34. The van der Waals surface area contributed by atoms with Crippen LogP contribution in [-0.4, -0.2) is 12.2 Å². The minimum absolute atomic E-state index is 0.0646. The summed E-state index contributed by atoms with van der Waals surface area (Å²) in [5, 5.41) is 11.5. The molecule has 7 heteroatoms. The first-order valence-electron chi connectivity index (χ1n) is 6.11. The quantitative estimate of drug-likeness (QED) is 0.888. The van der Waals surface area contributed by atoms with Gasteiger partial charge >= 0.3 is 6.18 Å². The van der Waals surface area contributed by atoms with Gasteiger partial charge in [0.15, 0.2) is 0 Å². The van der Waals surface area contributed by atoms with Crippen LogP contribution in [0, 0.1) is 0 Å². The van der Waals surface area contributed by atoms with Gasteiger partial charge in [-0.15, -0.1) is 0 Å². The van der Waals surface area contributed by atoms with E-state index in [1.165, 1.54) is 19.2 Å². The van der Waals surface area contributed by atoms with Crippen LogP contribution in [-0.2, 0) is 19.3 Å². The Balaban J connectivity index is 2.19. The minimum atomic E-state index is -4.49. The van der Waals surface area contributed by atoms with Gasteiger partial charge in [0.1, 0.15) is 23.9 Å². The Morgan fingerprint density at radius 2 is 1.90 bits per heavy atom. The van der Waals surface area contributed by atoms with Gasteiger partial charge in [0.25, 0.3) is 0 Å². The van der Waals surface area contributed by atoms with E-state index < -0.39 is 11.7 Å². The van der Waals surface area contributed by atoms with Gasteiger partial charge in [0.05, 0.1) is 19.2 Å². The Hall–Kier alpha value is -2.15. The maximum Gasteiger partial charge on any atom is 0.418 e. The molecule has 2 N–H and O–H groups in total. The van der Waals surface area contributed by atoms with Crippen molar-refractivity contribution in [3.05, 3.63) is 47.4 Å². The Bertz CT molecular complexity index is 608. The second kappa shape index (κ2) is 6.09. The van der Waals surface area contributed by atoms with Crippen LogP contribution in [0.4, 0.5) is 18.9 Å². The number of aliphatic hydroxyl groups excluding tert-OH is 1. The summed E-state index contributed by atoms with van der Waals surface area (Å²) in [6.07, 6.45) is -4.49. The molecule has 4 nitrogen and oxygen atoms in total. The Kier molecular flexibility index (Phi) is 4.42. The Labute approximate surface area is 119 Å². The third kappa shape index (κ3) is 3.69. The number of rotatable bonds is 5. The molecule has 0 unspecified atom stereocenters. The number of hydrogen-bond donors (Lipinski definition) is 2. The second-order valence-corrected chi connectivity index (χ2v) is 4.29. The zero-order chi connectivity index (χ0) is 15.5. The number of halogens is 3. The van der Waals surface area contributed by atoms with Crippen LogP contribution in [0.3, 0.4) is 0 Å². The van der Waals surface area contributed by atoms with Crippen molar-refractivity contribution in [2.45, 2.75) is 19.3 Å². The van der Waals surface area contributed by atoms with Gasteiger partial charge in [-0.2, -0.15) is 13.2 Å². The third-order valence-corrected chi connectivity index (χ3v) is 2.86. The number of aliphatic hydroxyl groups is 1. The second-order valence-electron chi connectivity index (χ2n) is 4.29. The zero-order valence-corrected chi connectivity index (χ0v) is 11.2. The highest BCUT2D eigenvalue weighted by atomic mass is 19.4. The number of benzene rings is 1. The summed E-state index contributed by atoms with van der Waals surface area (Å²) in [7, 11) is 1.31. The minimum Gasteiger partial charge on any atom is -0.497 e. The molecule has 114 valence electrons. The lowest BCUT2D eigenvalue weighted by Gasteiger charge is -2.15. The van der Waals surface area contributed by atoms with Gasteiger partial charge in [-0.25, -0.2) is 0 Å². The molecule has 2 rings (SSSR count). The molecule has 1 aromatic carbocycles. The molecule has 0 spiro atoms. The first-order valence-corrected chi connectivity index (χ1v) is 6.11. The van der Waals surface area contributed by atoms with Gasteiger partial charge in [-0.3, -0.25) is 0 Å². The summed E-state index contributed by atoms with van der Waals surface area (Å²) in [6.45, 7) is -0.175. The molecule has 21 heavy (non-hydrogen) atoms. The highest BCUT2D eigenvalue weighted by Crippen LogP contribution is 2.37. The van der Waals surface area contributed by atoms with E-state index in [1.54, 1.807) is 12.1 Å². The smallest absolute Gasteiger partial charge is 0.418 e. The number of ether oxygens (including phenoxy) is 1. The summed E-state index contributed by atoms with van der Waals surface area (Å²) >= 11 is 0. The number of alkyl halides is 3. The van der Waals surface area contributed by atoms with E-state index in [4.69, 9.17) is 14.3 Å². The van der Waals surface area contributed by atoms with Gasteiger partial charge in [0.2, 0.25) is 0 Å². The predicted molar refractivity (Wildman–Crippen MR) is 70.0 cm³/mol. The van der Waals surface area contributed by atoms with Crippen LogP contribution >= 0.6 is 0 Å². The van der Waals surface area contributed by atoms with Crippen molar-refractivity contribution in [3.63, 3.8) is 0 Å². The SMILES string of the molecule is COc1ccc(NCc2ccc(CO)o2)c(C(F)(F)F)c1. The van der Waals surface area contributed by atoms with E-state index in [9.17, 15) is 13.2 Å². The van der Waals surface area contributed by atoms with Crippen molar-refractivity contribution < 1.29 is 27.4 Å². The van der Waals surface area contributed by atoms with Crippen LogP contribution in [0.15, 0.2) is 34.7 Å². The van der Waals surface area contributed by atoms with Gasteiger partial charge in [-0.1, -0.05) is 0 Å². The summed E-state index contributed by atoms with van der Waals surface area (Å²) < 4.78 is 49.0. The van der Waals surface area contributed by atoms with E-state index in [-0.39, 0.29) is 24.6 Å². The normalized spacial score (nSPS) is 11.5. The zero-order valence-electron chi connectivity index (χ0n) is 11.2. The van der Waals surface area contributed by atoms with Crippen LogP contribution < -0.4 is 10.1 Å². The first kappa shape index (κ1) is 15.2. The molecule has 1 aromatic heterocycles. The number of anilines is 1. The predicted octanol–water partition coefficient (Wildman–Crippen LogP) is 3.41. The van der Waals surface area contributed by atoms with Crippen molar-refractivity contribution in [1.82, 2.24) is 0 Å². The molecule has 0 atom stereocenters. The molecule has 0 saturated carbocycles. The number of methoxy groups -OCH3 is 1. The number of furan rings is 1. The topological polar surface area (TPSA) is 54.6 Å². The average molecular weight is 301 g/mol. The fourth-order valence-corrected chi connectivity index (χ4v) is 1.82. The molecule has 0 radical (unpaired) electrons. The number of hydrogen-bond acceptors (Lipinski definition) is 4. The Morgan fingerprint density at radius 1 is 1.19 bits per heavy atom. The molecule has 0 aliphatic carbocycles. The van der Waals surface area contributed by atoms with E-state index >= 15 is 0 Å². The fourth-order valence-electron chi connectivity index (χ4n) is 1.82. The van der Waals surface area contributed by atoms with Crippen molar-refractivity contribution in [3.8, 4) is 5.75 Å². The molecule has 1 heterocycles. The maximum atomic E-state index is 13.0. The third-order valence-electron chi connectivity index (χ3n) is 2.86. The average Bonchev–Trinajstić information content (AvgIpc) is 2.92. The van der Waals surface area contributed by atoms with E-state index in [0.717, 1.165) is 6.07 Å². The molecule has 0 fully saturated rings. The lowest BCUT2D eigenvalue weighted by atomic mass is 10.1. The van der Waals surface area contributed by atoms with Crippen LogP contribution in [0.5, 0.6) is 5.75 Å². The van der Waals surface area contributed by atoms with Gasteiger partial charge in [0, 0.05) is 5.69 Å². The van der Waals surface area contributed by atoms with Gasteiger partial charge < -0.3 is 19.6 Å². The van der Waals surface area contributed by atoms with Crippen LogP contribution in [0.2, 0.25) is 0 Å². The molecule has 0 aliphatic rings. The molecule has 0 amide bonds. The van der Waals surface area contributed by atoms with E-state index in [2.05, 4.69) is 5.32 Å². The Morgan fingerprint density at radius 3 is 2.48 bits per heavy atom. The molecular formula is C14H14F3NO3. The maximum absolute atomic E-state index is 13.0. The molecule has 0 saturated heterocycles. The summed E-state index contributed by atoms with van der Waals surface area (Å²) in [5.41, 5.74) is -0.874. The number of nitrogens with one attached hydrogen (secondary N) is 1.